The minimum atomic E-state index is -0.200. The summed E-state index contributed by atoms with van der Waals surface area (Å²) in [6.07, 6.45) is 5.77. The van der Waals surface area contributed by atoms with Crippen molar-refractivity contribution < 1.29 is 9.59 Å². The molecule has 2 aromatic heterocycles. The number of nitrogens with zero attached hydrogens (tertiary/aromatic N) is 4. The van der Waals surface area contributed by atoms with E-state index in [1.54, 1.807) is 0 Å². The van der Waals surface area contributed by atoms with Gasteiger partial charge in [-0.05, 0) is 61.8 Å². The fraction of sp³-hybridized carbons (Fsp3) is 0.594. The van der Waals surface area contributed by atoms with Crippen LogP contribution in [0.3, 0.4) is 0 Å². The van der Waals surface area contributed by atoms with Crippen LogP contribution in [-0.4, -0.2) is 69.3 Å². The number of Topliss-reactive ketones (excluding diaryl/α,β-unsaturated/α-hetero) is 1. The van der Waals surface area contributed by atoms with Crippen molar-refractivity contribution in [2.24, 2.45) is 18.4 Å². The second-order valence-corrected chi connectivity index (χ2v) is 13.4. The summed E-state index contributed by atoms with van der Waals surface area (Å²) in [5.74, 6) is 1.64. The number of para-hydroxylation sites is 1. The van der Waals surface area contributed by atoms with Gasteiger partial charge in [-0.25, -0.2) is 4.98 Å². The maximum atomic E-state index is 13.8. The first kappa shape index (κ1) is 27.2. The lowest BCUT2D eigenvalue weighted by atomic mass is 9.75. The Morgan fingerprint density at radius 1 is 1.15 bits per heavy atom. The molecule has 1 aliphatic heterocycles. The molecule has 3 aromatic rings. The average Bonchev–Trinajstić information content (AvgIpc) is 3.59. The molecule has 8 heteroatoms. The number of benzene rings is 1. The van der Waals surface area contributed by atoms with Gasteiger partial charge in [0.1, 0.15) is 11.5 Å². The zero-order valence-electron chi connectivity index (χ0n) is 24.8. The summed E-state index contributed by atoms with van der Waals surface area (Å²) in [5, 5.41) is 3.35. The van der Waals surface area contributed by atoms with Crippen molar-refractivity contribution in [1.82, 2.24) is 29.7 Å². The molecule has 0 bridgehead atoms. The van der Waals surface area contributed by atoms with Crippen LogP contribution in [0.15, 0.2) is 18.2 Å². The normalized spacial score (nSPS) is 20.6. The Hall–Kier alpha value is -2.97. The second-order valence-electron chi connectivity index (χ2n) is 13.4. The SMILES string of the molecule is Cc1c(C(=O)NC(CCC2CC2)c2nc3c(CN4CCN(C)CC4)cccc3n2C)[nH]c2c1C(=O)CC(C)(C)C2. The topological polar surface area (TPSA) is 86.3 Å². The largest absolute Gasteiger partial charge is 0.354 e. The van der Waals surface area contributed by atoms with E-state index in [0.717, 1.165) is 91.6 Å². The van der Waals surface area contributed by atoms with E-state index in [-0.39, 0.29) is 23.1 Å². The number of aromatic amines is 1. The van der Waals surface area contributed by atoms with Crippen LogP contribution in [0.2, 0.25) is 0 Å². The van der Waals surface area contributed by atoms with Crippen molar-refractivity contribution in [3.8, 4) is 0 Å². The molecule has 8 nitrogen and oxygen atoms in total. The van der Waals surface area contributed by atoms with Crippen molar-refractivity contribution in [3.63, 3.8) is 0 Å². The highest BCUT2D eigenvalue weighted by molar-refractivity contribution is 6.04. The van der Waals surface area contributed by atoms with Crippen molar-refractivity contribution in [3.05, 3.63) is 52.1 Å². The zero-order valence-corrected chi connectivity index (χ0v) is 24.8. The molecule has 40 heavy (non-hydrogen) atoms. The lowest BCUT2D eigenvalue weighted by Crippen LogP contribution is -2.43. The van der Waals surface area contributed by atoms with E-state index < -0.39 is 0 Å². The summed E-state index contributed by atoms with van der Waals surface area (Å²) < 4.78 is 2.17. The van der Waals surface area contributed by atoms with Gasteiger partial charge >= 0.3 is 0 Å². The second kappa shape index (κ2) is 10.5. The van der Waals surface area contributed by atoms with Gasteiger partial charge in [-0.15, -0.1) is 0 Å². The number of piperazine rings is 1. The average molecular weight is 545 g/mol. The number of aryl methyl sites for hydroxylation is 1. The van der Waals surface area contributed by atoms with Gasteiger partial charge in [0.2, 0.25) is 0 Å². The molecule has 1 atom stereocenters. The summed E-state index contributed by atoms with van der Waals surface area (Å²) in [6.45, 7) is 11.3. The third kappa shape index (κ3) is 5.36. The van der Waals surface area contributed by atoms with Crippen molar-refractivity contribution >= 4 is 22.7 Å². The molecule has 2 N–H and O–H groups in total. The van der Waals surface area contributed by atoms with Gasteiger partial charge in [-0.3, -0.25) is 14.5 Å². The van der Waals surface area contributed by atoms with Crippen LogP contribution in [-0.2, 0) is 20.0 Å². The molecule has 1 saturated carbocycles. The smallest absolute Gasteiger partial charge is 0.268 e. The minimum Gasteiger partial charge on any atom is -0.354 e. The molecular formula is C32H44N6O2. The Bertz CT molecular complexity index is 1440. The van der Waals surface area contributed by atoms with E-state index in [2.05, 4.69) is 70.8 Å². The molecule has 214 valence electrons. The summed E-state index contributed by atoms with van der Waals surface area (Å²) in [6, 6.07) is 6.26. The minimum absolute atomic E-state index is 0.100. The molecule has 2 aliphatic carbocycles. The van der Waals surface area contributed by atoms with Gasteiger partial charge in [-0.1, -0.05) is 38.8 Å². The zero-order chi connectivity index (χ0) is 28.2. The highest BCUT2D eigenvalue weighted by Crippen LogP contribution is 2.38. The van der Waals surface area contributed by atoms with Crippen molar-refractivity contribution in [2.45, 2.75) is 71.9 Å². The van der Waals surface area contributed by atoms with Crippen LogP contribution in [0.1, 0.15) is 95.5 Å². The predicted molar refractivity (Wildman–Crippen MR) is 158 cm³/mol. The number of hydrogen-bond donors (Lipinski definition) is 2. The van der Waals surface area contributed by atoms with Crippen LogP contribution < -0.4 is 5.32 Å². The number of carbonyl (C=O) groups is 2. The van der Waals surface area contributed by atoms with Crippen LogP contribution in [0.25, 0.3) is 11.0 Å². The number of fused-ring (bicyclic) bond motifs is 2. The van der Waals surface area contributed by atoms with Gasteiger partial charge in [-0.2, -0.15) is 0 Å². The van der Waals surface area contributed by atoms with Gasteiger partial charge in [0.25, 0.3) is 5.91 Å². The maximum absolute atomic E-state index is 13.8. The summed E-state index contributed by atoms with van der Waals surface area (Å²) in [5.41, 5.74) is 6.18. The van der Waals surface area contributed by atoms with Gasteiger partial charge in [0, 0.05) is 57.4 Å². The molecule has 2 fully saturated rings. The Balaban J connectivity index is 1.29. The van der Waals surface area contributed by atoms with E-state index in [9.17, 15) is 9.59 Å². The first-order valence-corrected chi connectivity index (χ1v) is 15.0. The van der Waals surface area contributed by atoms with Crippen LogP contribution in [0.5, 0.6) is 0 Å². The third-order valence-electron chi connectivity index (χ3n) is 9.33. The van der Waals surface area contributed by atoms with E-state index in [1.807, 2.05) is 6.92 Å². The summed E-state index contributed by atoms with van der Waals surface area (Å²) in [4.78, 5) is 40.2. The number of hydrogen-bond acceptors (Lipinski definition) is 5. The van der Waals surface area contributed by atoms with E-state index in [1.165, 1.54) is 18.4 Å². The van der Waals surface area contributed by atoms with E-state index in [0.29, 0.717) is 12.1 Å². The molecule has 6 rings (SSSR count). The van der Waals surface area contributed by atoms with Gasteiger partial charge in [0.05, 0.1) is 17.1 Å². The first-order chi connectivity index (χ1) is 19.1. The molecule has 1 aromatic carbocycles. The highest BCUT2D eigenvalue weighted by Gasteiger charge is 2.36. The number of imidazole rings is 1. The fourth-order valence-corrected chi connectivity index (χ4v) is 6.74. The number of aromatic nitrogens is 3. The number of amides is 1. The molecule has 1 amide bonds. The lowest BCUT2D eigenvalue weighted by molar-refractivity contribution is 0.0908. The van der Waals surface area contributed by atoms with E-state index in [4.69, 9.17) is 4.98 Å². The third-order valence-corrected chi connectivity index (χ3v) is 9.33. The lowest BCUT2D eigenvalue weighted by Gasteiger charge is -2.32. The van der Waals surface area contributed by atoms with Crippen molar-refractivity contribution in [1.29, 1.82) is 0 Å². The first-order valence-electron chi connectivity index (χ1n) is 15.0. The number of ketones is 1. The Morgan fingerprint density at radius 3 is 2.62 bits per heavy atom. The maximum Gasteiger partial charge on any atom is 0.268 e. The van der Waals surface area contributed by atoms with Gasteiger partial charge < -0.3 is 19.8 Å². The molecule has 1 unspecified atom stereocenters. The van der Waals surface area contributed by atoms with Crippen LogP contribution in [0.4, 0.5) is 0 Å². The van der Waals surface area contributed by atoms with E-state index >= 15 is 0 Å². The molecule has 1 saturated heterocycles. The number of rotatable bonds is 8. The molecule has 3 aliphatic rings. The summed E-state index contributed by atoms with van der Waals surface area (Å²) in [7, 11) is 4.25. The Kier molecular flexibility index (Phi) is 7.11. The number of nitrogens with one attached hydrogen (secondary N) is 2. The monoisotopic (exact) mass is 544 g/mol. The number of likely N-dealkylation sites (N-methyl/N-ethyl adjacent to an activating group) is 1. The molecule has 0 radical (unpaired) electrons. The standard InChI is InChI=1S/C32H44N6O2/c1-20-27-24(17-32(2,3)18-26(27)39)33-28(20)31(40)34-23(12-11-21-9-10-21)30-35-29-22(7-6-8-25(29)37(30)5)19-38-15-13-36(4)14-16-38/h6-8,21,23,33H,9-19H2,1-5H3,(H,34,40). The quantitative estimate of drug-likeness (QED) is 0.427. The Labute approximate surface area is 237 Å². The fourth-order valence-electron chi connectivity index (χ4n) is 6.74. The molecular weight excluding hydrogens is 500 g/mol. The molecule has 0 spiro atoms. The number of carbonyl (C=O) groups excluding carboxylic acids is 2. The van der Waals surface area contributed by atoms with Gasteiger partial charge in [0.15, 0.2) is 5.78 Å². The van der Waals surface area contributed by atoms with Crippen LogP contribution in [0, 0.1) is 18.3 Å². The van der Waals surface area contributed by atoms with Crippen LogP contribution >= 0.6 is 0 Å². The Morgan fingerprint density at radius 2 is 1.90 bits per heavy atom. The predicted octanol–water partition coefficient (Wildman–Crippen LogP) is 4.77. The summed E-state index contributed by atoms with van der Waals surface area (Å²) >= 11 is 0. The molecule has 3 heterocycles. The van der Waals surface area contributed by atoms with Crippen molar-refractivity contribution in [2.75, 3.05) is 33.2 Å². The number of H-pyrrole nitrogens is 1. The highest BCUT2D eigenvalue weighted by atomic mass is 16.2.